The fourth-order valence-electron chi connectivity index (χ4n) is 5.56. The molecule has 48 heavy (non-hydrogen) atoms. The number of hydrogen-bond acceptors (Lipinski definition) is 11. The van der Waals surface area contributed by atoms with Crippen LogP contribution in [-0.4, -0.2) is 77.2 Å². The second-order valence-electron chi connectivity index (χ2n) is 11.3. The molecule has 11 heteroatoms. The maximum Gasteiger partial charge on any atom is 0.227 e. The van der Waals surface area contributed by atoms with Gasteiger partial charge in [0.05, 0.1) is 33.7 Å². The summed E-state index contributed by atoms with van der Waals surface area (Å²) in [5.74, 6) is 1.96. The molecule has 3 aromatic carbocycles. The SMILES string of the molecule is CSc1sc(-c2ccnc(Nc3cccc(OCCCN4CCN(CO)CC4)c3)n2)c(-c2cccc(OCc3ccccc3)c2)c1C#N. The molecule has 6 rings (SSSR count). The van der Waals surface area contributed by atoms with Crippen molar-refractivity contribution >= 4 is 34.7 Å². The lowest BCUT2D eigenvalue weighted by Gasteiger charge is -2.33. The molecule has 5 aromatic rings. The van der Waals surface area contributed by atoms with Crippen LogP contribution in [0, 0.1) is 11.3 Å². The Balaban J connectivity index is 1.15. The number of benzene rings is 3. The Labute approximate surface area is 289 Å². The van der Waals surface area contributed by atoms with E-state index < -0.39 is 0 Å². The summed E-state index contributed by atoms with van der Waals surface area (Å²) < 4.78 is 13.1. The van der Waals surface area contributed by atoms with Gasteiger partial charge in [-0.05, 0) is 54.1 Å². The van der Waals surface area contributed by atoms with Gasteiger partial charge in [-0.25, -0.2) is 9.97 Å². The van der Waals surface area contributed by atoms with E-state index in [9.17, 15) is 10.4 Å². The predicted octanol–water partition coefficient (Wildman–Crippen LogP) is 7.12. The van der Waals surface area contributed by atoms with Gasteiger partial charge in [0.1, 0.15) is 24.2 Å². The van der Waals surface area contributed by atoms with Gasteiger partial charge in [-0.15, -0.1) is 23.1 Å². The highest BCUT2D eigenvalue weighted by Gasteiger charge is 2.22. The maximum atomic E-state index is 10.3. The summed E-state index contributed by atoms with van der Waals surface area (Å²) in [4.78, 5) is 14.7. The standard InChI is InChI=1S/C37H38N6O3S2/c1-47-36-32(24-38)34(28-10-5-12-30(22-28)46-25-27-8-3-2-4-9-27)35(48-36)33-14-15-39-37(41-33)40-29-11-6-13-31(23-29)45-21-7-16-42-17-19-43(26-44)20-18-42/h2-6,8-15,22-23,44H,7,16-21,25-26H2,1H3,(H,39,40,41). The summed E-state index contributed by atoms with van der Waals surface area (Å²) in [6.07, 6.45) is 4.65. The number of thioether (sulfide) groups is 1. The third kappa shape index (κ3) is 8.52. The van der Waals surface area contributed by atoms with E-state index in [0.717, 1.165) is 87.8 Å². The molecule has 0 bridgehead atoms. The van der Waals surface area contributed by atoms with E-state index in [2.05, 4.69) is 26.2 Å². The molecule has 0 spiro atoms. The van der Waals surface area contributed by atoms with Gasteiger partial charge in [0.2, 0.25) is 5.95 Å². The van der Waals surface area contributed by atoms with Crippen molar-refractivity contribution in [2.24, 2.45) is 0 Å². The number of nitrogens with zero attached hydrogens (tertiary/aromatic N) is 5. The van der Waals surface area contributed by atoms with Crippen molar-refractivity contribution < 1.29 is 14.6 Å². The Morgan fingerprint density at radius 1 is 0.938 bits per heavy atom. The molecule has 0 unspecified atom stereocenters. The molecule has 1 aliphatic rings. The first-order valence-corrected chi connectivity index (χ1v) is 17.9. The van der Waals surface area contributed by atoms with Crippen LogP contribution in [0.1, 0.15) is 17.5 Å². The van der Waals surface area contributed by atoms with E-state index in [1.165, 1.54) is 0 Å². The third-order valence-corrected chi connectivity index (χ3v) is 10.4. The Hall–Kier alpha value is -4.44. The molecule has 1 aliphatic heterocycles. The average Bonchev–Trinajstić information content (AvgIpc) is 3.53. The third-order valence-electron chi connectivity index (χ3n) is 8.07. The van der Waals surface area contributed by atoms with Gasteiger partial charge >= 0.3 is 0 Å². The zero-order valence-electron chi connectivity index (χ0n) is 26.8. The molecule has 0 amide bonds. The van der Waals surface area contributed by atoms with E-state index >= 15 is 0 Å². The Morgan fingerprint density at radius 3 is 2.48 bits per heavy atom. The first-order chi connectivity index (χ1) is 23.6. The molecule has 0 atom stereocenters. The largest absolute Gasteiger partial charge is 0.493 e. The van der Waals surface area contributed by atoms with Crippen molar-refractivity contribution in [3.05, 3.63) is 102 Å². The van der Waals surface area contributed by atoms with Crippen LogP contribution in [0.2, 0.25) is 0 Å². The first-order valence-electron chi connectivity index (χ1n) is 15.9. The van der Waals surface area contributed by atoms with E-state index in [-0.39, 0.29) is 6.73 Å². The summed E-state index contributed by atoms with van der Waals surface area (Å²) in [5.41, 5.74) is 5.01. The fraction of sp³-hybridized carbons (Fsp3) is 0.270. The van der Waals surface area contributed by atoms with Gasteiger partial charge in [-0.2, -0.15) is 5.26 Å². The number of nitriles is 1. The van der Waals surface area contributed by atoms with Gasteiger partial charge in [0.15, 0.2) is 0 Å². The number of piperazine rings is 1. The molecule has 9 nitrogen and oxygen atoms in total. The van der Waals surface area contributed by atoms with Crippen molar-refractivity contribution in [2.75, 3.05) is 57.6 Å². The smallest absolute Gasteiger partial charge is 0.227 e. The van der Waals surface area contributed by atoms with Gasteiger partial charge < -0.3 is 24.8 Å². The Bertz CT molecular complexity index is 1840. The molecule has 2 aromatic heterocycles. The van der Waals surface area contributed by atoms with Crippen LogP contribution in [0.3, 0.4) is 0 Å². The number of anilines is 2. The van der Waals surface area contributed by atoms with Gasteiger partial charge in [-0.3, -0.25) is 4.90 Å². The number of aliphatic hydroxyl groups excluding tert-OH is 1. The number of rotatable bonds is 14. The lowest BCUT2D eigenvalue weighted by atomic mass is 10.0. The average molecular weight is 679 g/mol. The lowest BCUT2D eigenvalue weighted by molar-refractivity contribution is 0.0527. The minimum Gasteiger partial charge on any atom is -0.493 e. The summed E-state index contributed by atoms with van der Waals surface area (Å²) in [6.45, 7) is 5.92. The number of hydrogen-bond donors (Lipinski definition) is 2. The second-order valence-corrected chi connectivity index (χ2v) is 13.4. The zero-order valence-corrected chi connectivity index (χ0v) is 28.5. The van der Waals surface area contributed by atoms with Crippen molar-refractivity contribution in [1.29, 1.82) is 5.26 Å². The van der Waals surface area contributed by atoms with E-state index in [4.69, 9.17) is 14.5 Å². The normalized spacial score (nSPS) is 13.6. The number of aromatic nitrogens is 2. The van der Waals surface area contributed by atoms with Crippen molar-refractivity contribution in [2.45, 2.75) is 17.2 Å². The molecular weight excluding hydrogens is 641 g/mol. The summed E-state index contributed by atoms with van der Waals surface area (Å²) in [5, 5.41) is 22.9. The first kappa shape index (κ1) is 33.5. The van der Waals surface area contributed by atoms with Crippen LogP contribution in [0.25, 0.3) is 21.7 Å². The van der Waals surface area contributed by atoms with Crippen LogP contribution in [0.4, 0.5) is 11.6 Å². The molecule has 0 aliphatic carbocycles. The highest BCUT2D eigenvalue weighted by molar-refractivity contribution is 8.00. The monoisotopic (exact) mass is 678 g/mol. The summed E-state index contributed by atoms with van der Waals surface area (Å²) >= 11 is 3.12. The lowest BCUT2D eigenvalue weighted by Crippen LogP contribution is -2.46. The molecule has 0 saturated carbocycles. The number of nitrogens with one attached hydrogen (secondary N) is 1. The van der Waals surface area contributed by atoms with Crippen LogP contribution >= 0.6 is 23.1 Å². The second kappa shape index (κ2) is 16.6. The van der Waals surface area contributed by atoms with Gasteiger partial charge in [0.25, 0.3) is 0 Å². The molecular formula is C37H38N6O3S2. The predicted molar refractivity (Wildman–Crippen MR) is 193 cm³/mol. The Morgan fingerprint density at radius 2 is 1.71 bits per heavy atom. The van der Waals surface area contributed by atoms with E-state index in [1.807, 2.05) is 91.2 Å². The van der Waals surface area contributed by atoms with Crippen molar-refractivity contribution in [1.82, 2.24) is 19.8 Å². The van der Waals surface area contributed by atoms with Gasteiger partial charge in [-0.1, -0.05) is 48.5 Å². The van der Waals surface area contributed by atoms with Crippen LogP contribution in [0.5, 0.6) is 11.5 Å². The highest BCUT2D eigenvalue weighted by atomic mass is 32.2. The maximum absolute atomic E-state index is 10.3. The molecule has 1 fully saturated rings. The van der Waals surface area contributed by atoms with Crippen LogP contribution < -0.4 is 14.8 Å². The molecule has 1 saturated heterocycles. The van der Waals surface area contributed by atoms with Crippen molar-refractivity contribution in [3.63, 3.8) is 0 Å². The van der Waals surface area contributed by atoms with Crippen LogP contribution in [-0.2, 0) is 6.61 Å². The number of thiophene rings is 1. The summed E-state index contributed by atoms with van der Waals surface area (Å²) in [6, 6.07) is 30.1. The molecule has 246 valence electrons. The van der Waals surface area contributed by atoms with E-state index in [0.29, 0.717) is 24.7 Å². The van der Waals surface area contributed by atoms with Crippen LogP contribution in [0.15, 0.2) is 95.3 Å². The Kier molecular flexibility index (Phi) is 11.6. The van der Waals surface area contributed by atoms with Gasteiger partial charge in [0, 0.05) is 56.2 Å². The van der Waals surface area contributed by atoms with Crippen molar-refractivity contribution in [3.8, 4) is 39.3 Å². The quantitative estimate of drug-likeness (QED) is 0.0931. The minimum atomic E-state index is 0.132. The topological polar surface area (TPSA) is 107 Å². The zero-order chi connectivity index (χ0) is 33.1. The number of ether oxygens (including phenoxy) is 2. The summed E-state index contributed by atoms with van der Waals surface area (Å²) in [7, 11) is 0. The fourth-order valence-corrected chi connectivity index (χ4v) is 7.47. The molecule has 2 N–H and O–H groups in total. The molecule has 3 heterocycles. The minimum absolute atomic E-state index is 0.132. The highest BCUT2D eigenvalue weighted by Crippen LogP contribution is 2.46. The van der Waals surface area contributed by atoms with E-state index in [1.54, 1.807) is 29.3 Å². The number of aliphatic hydroxyl groups is 1. The molecule has 0 radical (unpaired) electrons.